The van der Waals surface area contributed by atoms with Gasteiger partial charge in [0.2, 0.25) is 11.0 Å². The molecule has 1 atom stereocenters. The Labute approximate surface area is 214 Å². The van der Waals surface area contributed by atoms with Gasteiger partial charge in [0.15, 0.2) is 0 Å². The lowest BCUT2D eigenvalue weighted by molar-refractivity contribution is -0.124. The molecular formula is C27H26N4O4S. The zero-order chi connectivity index (χ0) is 25.8. The standard InChI is InChI=1S/C27H26N4O4S/c1-17-12-13-22(18(2)14-17)28-24(32)16-23-26(34)30(20-9-5-4-6-10-20)27(36)31(23)29-25(33)19-8-7-11-21(15-19)35-3/h4-15,23H,16H2,1-3H3,(H,28,32)(H,29,33). The van der Waals surface area contributed by atoms with Gasteiger partial charge < -0.3 is 10.1 Å². The van der Waals surface area contributed by atoms with Crippen molar-refractivity contribution < 1.29 is 19.1 Å². The first-order valence-corrected chi connectivity index (χ1v) is 11.7. The van der Waals surface area contributed by atoms with E-state index in [9.17, 15) is 14.4 Å². The Morgan fingerprint density at radius 2 is 1.75 bits per heavy atom. The number of rotatable bonds is 7. The van der Waals surface area contributed by atoms with Crippen molar-refractivity contribution in [3.05, 3.63) is 89.5 Å². The minimum absolute atomic E-state index is 0.0757. The van der Waals surface area contributed by atoms with Gasteiger partial charge in [0.25, 0.3) is 11.8 Å². The second-order valence-corrected chi connectivity index (χ2v) is 8.79. The van der Waals surface area contributed by atoms with Gasteiger partial charge in [0, 0.05) is 11.3 Å². The molecule has 3 aromatic carbocycles. The number of hydrogen-bond donors (Lipinski definition) is 2. The molecule has 0 aliphatic carbocycles. The predicted octanol–water partition coefficient (Wildman–Crippen LogP) is 3.99. The first kappa shape index (κ1) is 24.9. The maximum Gasteiger partial charge on any atom is 0.270 e. The summed E-state index contributed by atoms with van der Waals surface area (Å²) in [6.07, 6.45) is -0.214. The maximum atomic E-state index is 13.5. The summed E-state index contributed by atoms with van der Waals surface area (Å²) >= 11 is 5.59. The normalized spacial score (nSPS) is 15.1. The van der Waals surface area contributed by atoms with Crippen molar-refractivity contribution in [3.8, 4) is 5.75 Å². The number of carbonyl (C=O) groups excluding carboxylic acids is 3. The Hall–Kier alpha value is -4.24. The van der Waals surface area contributed by atoms with E-state index in [2.05, 4.69) is 10.7 Å². The Bertz CT molecular complexity index is 1330. The fraction of sp³-hybridized carbons (Fsp3) is 0.185. The van der Waals surface area contributed by atoms with Crippen molar-refractivity contribution in [1.82, 2.24) is 10.4 Å². The van der Waals surface area contributed by atoms with E-state index in [-0.39, 0.29) is 17.4 Å². The quantitative estimate of drug-likeness (QED) is 0.475. The lowest BCUT2D eigenvalue weighted by atomic mass is 10.1. The van der Waals surface area contributed by atoms with Crippen LogP contribution in [0, 0.1) is 13.8 Å². The summed E-state index contributed by atoms with van der Waals surface area (Å²) in [4.78, 5) is 40.9. The molecule has 0 spiro atoms. The molecule has 8 nitrogen and oxygen atoms in total. The highest BCUT2D eigenvalue weighted by molar-refractivity contribution is 7.80. The number of anilines is 2. The zero-order valence-corrected chi connectivity index (χ0v) is 21.0. The van der Waals surface area contributed by atoms with E-state index in [1.54, 1.807) is 48.5 Å². The molecule has 1 aliphatic heterocycles. The van der Waals surface area contributed by atoms with Crippen molar-refractivity contribution in [1.29, 1.82) is 0 Å². The highest BCUT2D eigenvalue weighted by Gasteiger charge is 2.45. The summed E-state index contributed by atoms with van der Waals surface area (Å²) in [5.41, 5.74) is 6.23. The monoisotopic (exact) mass is 502 g/mol. The second kappa shape index (κ2) is 10.6. The van der Waals surface area contributed by atoms with Crippen LogP contribution in [-0.4, -0.2) is 41.0 Å². The molecule has 4 rings (SSSR count). The van der Waals surface area contributed by atoms with Crippen molar-refractivity contribution >= 4 is 46.4 Å². The summed E-state index contributed by atoms with van der Waals surface area (Å²) in [6.45, 7) is 3.87. The van der Waals surface area contributed by atoms with E-state index >= 15 is 0 Å². The number of benzene rings is 3. The molecule has 1 saturated heterocycles. The number of hydrazine groups is 1. The second-order valence-electron chi connectivity index (χ2n) is 8.42. The highest BCUT2D eigenvalue weighted by atomic mass is 32.1. The SMILES string of the molecule is COc1cccc(C(=O)NN2C(=S)N(c3ccccc3)C(=O)C2CC(=O)Nc2ccc(C)cc2C)c1. The highest BCUT2D eigenvalue weighted by Crippen LogP contribution is 2.27. The van der Waals surface area contributed by atoms with E-state index < -0.39 is 17.9 Å². The molecule has 0 aromatic heterocycles. The van der Waals surface area contributed by atoms with Gasteiger partial charge in [-0.3, -0.25) is 24.7 Å². The topological polar surface area (TPSA) is 91.0 Å². The number of thiocarbonyl (C=S) groups is 1. The largest absolute Gasteiger partial charge is 0.497 e. The lowest BCUT2D eigenvalue weighted by Crippen LogP contribution is -2.49. The van der Waals surface area contributed by atoms with Gasteiger partial charge >= 0.3 is 0 Å². The minimum atomic E-state index is -1.03. The average Bonchev–Trinajstić information content (AvgIpc) is 3.10. The number of hydrogen-bond acceptors (Lipinski definition) is 5. The summed E-state index contributed by atoms with van der Waals surface area (Å²) in [6, 6.07) is 20.1. The van der Waals surface area contributed by atoms with Crippen LogP contribution in [0.4, 0.5) is 11.4 Å². The van der Waals surface area contributed by atoms with Gasteiger partial charge in [-0.15, -0.1) is 0 Å². The fourth-order valence-electron chi connectivity index (χ4n) is 3.98. The first-order chi connectivity index (χ1) is 17.3. The van der Waals surface area contributed by atoms with Gasteiger partial charge in [0.1, 0.15) is 11.8 Å². The lowest BCUT2D eigenvalue weighted by Gasteiger charge is -2.24. The molecule has 3 amide bonds. The summed E-state index contributed by atoms with van der Waals surface area (Å²) < 4.78 is 5.20. The molecule has 0 bridgehead atoms. The average molecular weight is 503 g/mol. The molecule has 2 N–H and O–H groups in total. The van der Waals surface area contributed by atoms with Crippen LogP contribution in [0.2, 0.25) is 0 Å². The molecule has 0 saturated carbocycles. The summed E-state index contributed by atoms with van der Waals surface area (Å²) in [7, 11) is 1.51. The van der Waals surface area contributed by atoms with E-state index in [0.29, 0.717) is 22.7 Å². The number of para-hydroxylation sites is 1. The predicted molar refractivity (Wildman–Crippen MR) is 142 cm³/mol. The van der Waals surface area contributed by atoms with Gasteiger partial charge in [-0.25, -0.2) is 5.01 Å². The molecular weight excluding hydrogens is 476 g/mol. The van der Waals surface area contributed by atoms with Crippen LogP contribution < -0.4 is 20.4 Å². The Balaban J connectivity index is 1.60. The van der Waals surface area contributed by atoms with Crippen LogP contribution in [0.5, 0.6) is 5.75 Å². The molecule has 184 valence electrons. The molecule has 1 unspecified atom stereocenters. The van der Waals surface area contributed by atoms with E-state index in [1.165, 1.54) is 17.0 Å². The van der Waals surface area contributed by atoms with Crippen LogP contribution in [0.3, 0.4) is 0 Å². The van der Waals surface area contributed by atoms with Gasteiger partial charge in [-0.05, 0) is 68.0 Å². The third kappa shape index (κ3) is 5.21. The van der Waals surface area contributed by atoms with Crippen LogP contribution in [0.25, 0.3) is 0 Å². The third-order valence-electron chi connectivity index (χ3n) is 5.82. The van der Waals surface area contributed by atoms with Crippen molar-refractivity contribution in [2.45, 2.75) is 26.3 Å². The Morgan fingerprint density at radius 1 is 1.00 bits per heavy atom. The smallest absolute Gasteiger partial charge is 0.270 e. The van der Waals surface area contributed by atoms with Crippen LogP contribution >= 0.6 is 12.2 Å². The van der Waals surface area contributed by atoms with Gasteiger partial charge in [-0.2, -0.15) is 0 Å². The van der Waals surface area contributed by atoms with Crippen molar-refractivity contribution in [2.75, 3.05) is 17.3 Å². The Morgan fingerprint density at radius 3 is 2.44 bits per heavy atom. The molecule has 9 heteroatoms. The molecule has 3 aromatic rings. The van der Waals surface area contributed by atoms with E-state index in [4.69, 9.17) is 17.0 Å². The molecule has 36 heavy (non-hydrogen) atoms. The number of nitrogens with one attached hydrogen (secondary N) is 2. The van der Waals surface area contributed by atoms with Crippen molar-refractivity contribution in [2.24, 2.45) is 0 Å². The zero-order valence-electron chi connectivity index (χ0n) is 20.1. The maximum absolute atomic E-state index is 13.5. The fourth-order valence-corrected chi connectivity index (χ4v) is 4.35. The first-order valence-electron chi connectivity index (χ1n) is 11.3. The molecule has 1 fully saturated rings. The molecule has 1 aliphatic rings. The number of aryl methyl sites for hydroxylation is 2. The summed E-state index contributed by atoms with van der Waals surface area (Å²) in [5.74, 6) is -0.761. The van der Waals surface area contributed by atoms with Crippen LogP contribution in [-0.2, 0) is 9.59 Å². The van der Waals surface area contributed by atoms with Gasteiger partial charge in [0.05, 0.1) is 19.2 Å². The number of carbonyl (C=O) groups is 3. The molecule has 0 radical (unpaired) electrons. The van der Waals surface area contributed by atoms with Gasteiger partial charge in [-0.1, -0.05) is 42.0 Å². The number of nitrogens with zero attached hydrogens (tertiary/aromatic N) is 2. The number of methoxy groups -OCH3 is 1. The third-order valence-corrected chi connectivity index (χ3v) is 6.20. The Kier molecular flexibility index (Phi) is 7.30. The van der Waals surface area contributed by atoms with Crippen molar-refractivity contribution in [3.63, 3.8) is 0 Å². The number of amides is 3. The molecule has 1 heterocycles. The number of ether oxygens (including phenoxy) is 1. The van der Waals surface area contributed by atoms with E-state index in [1.807, 2.05) is 38.1 Å². The summed E-state index contributed by atoms with van der Waals surface area (Å²) in [5, 5.41) is 4.23. The van der Waals surface area contributed by atoms with E-state index in [0.717, 1.165) is 11.1 Å². The minimum Gasteiger partial charge on any atom is -0.497 e. The van der Waals surface area contributed by atoms with Crippen LogP contribution in [0.1, 0.15) is 27.9 Å². The van der Waals surface area contributed by atoms with Crippen LogP contribution in [0.15, 0.2) is 72.8 Å².